The zero-order chi connectivity index (χ0) is 19.9. The van der Waals surface area contributed by atoms with E-state index in [4.69, 9.17) is 5.73 Å². The molecule has 1 unspecified atom stereocenters. The zero-order valence-corrected chi connectivity index (χ0v) is 16.2. The van der Waals surface area contributed by atoms with E-state index in [0.717, 1.165) is 30.5 Å². The van der Waals surface area contributed by atoms with Crippen LogP contribution in [0.15, 0.2) is 60.8 Å². The quantitative estimate of drug-likeness (QED) is 0.744. The number of carbonyl (C=O) groups is 1. The summed E-state index contributed by atoms with van der Waals surface area (Å²) in [5, 5.41) is 3.10. The first kappa shape index (κ1) is 22.5. The van der Waals surface area contributed by atoms with Crippen molar-refractivity contribution >= 4 is 5.91 Å². The second-order valence-electron chi connectivity index (χ2n) is 7.02. The highest BCUT2D eigenvalue weighted by atomic mass is 19.1. The molecule has 0 radical (unpaired) electrons. The lowest BCUT2D eigenvalue weighted by Crippen LogP contribution is -2.54. The molecule has 0 bridgehead atoms. The van der Waals surface area contributed by atoms with E-state index >= 15 is 0 Å². The number of nitrogens with zero attached hydrogens (tertiary/aromatic N) is 1. The van der Waals surface area contributed by atoms with Crippen LogP contribution < -0.4 is 11.1 Å². The highest BCUT2D eigenvalue weighted by Crippen LogP contribution is 2.29. The molecule has 1 aliphatic heterocycles. The molecule has 1 atom stereocenters. The number of primary amides is 1. The van der Waals surface area contributed by atoms with Gasteiger partial charge in [0.15, 0.2) is 0 Å². The minimum absolute atomic E-state index is 0. The van der Waals surface area contributed by atoms with E-state index < -0.39 is 0 Å². The Balaban J connectivity index is 0.00000300. The first-order valence-corrected chi connectivity index (χ1v) is 9.47. The first-order chi connectivity index (χ1) is 13.5. The molecule has 1 aliphatic rings. The molecule has 1 heterocycles. The van der Waals surface area contributed by atoms with Gasteiger partial charge in [-0.05, 0) is 54.4 Å². The van der Waals surface area contributed by atoms with Gasteiger partial charge in [-0.25, -0.2) is 8.78 Å². The van der Waals surface area contributed by atoms with Crippen LogP contribution in [-0.4, -0.2) is 42.0 Å². The third kappa shape index (κ3) is 6.37. The van der Waals surface area contributed by atoms with Crippen LogP contribution >= 0.6 is 0 Å². The van der Waals surface area contributed by atoms with Gasteiger partial charge in [-0.15, -0.1) is 0 Å². The molecule has 2 aromatic carbocycles. The third-order valence-corrected chi connectivity index (χ3v) is 5.03. The minimum atomic E-state index is -0.342. The number of carbonyl (C=O) groups excluding carboxylic acids is 1. The molecule has 0 saturated carbocycles. The fourth-order valence-corrected chi connectivity index (χ4v) is 3.50. The van der Waals surface area contributed by atoms with Crippen molar-refractivity contribution in [2.45, 2.75) is 24.8 Å². The molecular weight excluding hydrogens is 376 g/mol. The number of hydrogen-bond donors (Lipinski definition) is 2. The maximum Gasteiger partial charge on any atom is 0.236 e. The summed E-state index contributed by atoms with van der Waals surface area (Å²) >= 11 is 0. The predicted octanol–water partition coefficient (Wildman–Crippen LogP) is 2.33. The molecule has 7 heteroatoms. The van der Waals surface area contributed by atoms with Gasteiger partial charge in [0.2, 0.25) is 5.91 Å². The average Bonchev–Trinajstić information content (AvgIpc) is 2.70. The van der Waals surface area contributed by atoms with Crippen molar-refractivity contribution in [3.05, 3.63) is 83.6 Å². The zero-order valence-electron chi connectivity index (χ0n) is 16.2. The summed E-state index contributed by atoms with van der Waals surface area (Å²) in [6.07, 6.45) is 5.68. The SMILES string of the molecule is NC(=O)C1CN(C=CCCC(c2ccc(F)cc2)c2ccc(F)cc2)CCN1.O. The van der Waals surface area contributed by atoms with Gasteiger partial charge >= 0.3 is 0 Å². The Kier molecular flexibility index (Phi) is 8.30. The van der Waals surface area contributed by atoms with Gasteiger partial charge in [0.05, 0.1) is 0 Å². The Labute approximate surface area is 169 Å². The van der Waals surface area contributed by atoms with Crippen LogP contribution in [0.4, 0.5) is 8.78 Å². The summed E-state index contributed by atoms with van der Waals surface area (Å²) < 4.78 is 26.6. The summed E-state index contributed by atoms with van der Waals surface area (Å²) in [5.74, 6) is -0.841. The van der Waals surface area contributed by atoms with E-state index in [2.05, 4.69) is 16.3 Å². The number of hydrogen-bond acceptors (Lipinski definition) is 3. The number of halogens is 2. The van der Waals surface area contributed by atoms with E-state index in [1.165, 1.54) is 24.3 Å². The molecule has 3 rings (SSSR count). The van der Waals surface area contributed by atoms with Crippen molar-refractivity contribution < 1.29 is 19.1 Å². The van der Waals surface area contributed by atoms with Crippen LogP contribution in [-0.2, 0) is 4.79 Å². The van der Waals surface area contributed by atoms with Crippen LogP contribution in [0.25, 0.3) is 0 Å². The van der Waals surface area contributed by atoms with Gasteiger partial charge < -0.3 is 21.4 Å². The number of benzene rings is 2. The van der Waals surface area contributed by atoms with Crippen molar-refractivity contribution in [3.63, 3.8) is 0 Å². The molecule has 0 aromatic heterocycles. The third-order valence-electron chi connectivity index (χ3n) is 5.03. The minimum Gasteiger partial charge on any atom is -0.412 e. The second-order valence-corrected chi connectivity index (χ2v) is 7.02. The van der Waals surface area contributed by atoms with E-state index in [0.29, 0.717) is 13.1 Å². The average molecular weight is 403 g/mol. The molecular formula is C22H27F2N3O2. The molecule has 1 saturated heterocycles. The molecule has 2 aromatic rings. The van der Waals surface area contributed by atoms with Crippen molar-refractivity contribution in [2.24, 2.45) is 5.73 Å². The molecule has 1 fully saturated rings. The van der Waals surface area contributed by atoms with Crippen molar-refractivity contribution in [2.75, 3.05) is 19.6 Å². The summed E-state index contributed by atoms with van der Waals surface area (Å²) in [7, 11) is 0. The molecule has 0 aliphatic carbocycles. The Morgan fingerprint density at radius 1 is 1.10 bits per heavy atom. The Morgan fingerprint density at radius 2 is 1.66 bits per heavy atom. The van der Waals surface area contributed by atoms with Crippen molar-refractivity contribution in [3.8, 4) is 0 Å². The molecule has 1 amide bonds. The standard InChI is InChI=1S/C22H25F2N3O.H2O/c23-18-8-4-16(5-9-18)20(17-6-10-19(24)11-7-17)3-1-2-13-27-14-12-26-21(15-27)22(25)28;/h2,4-11,13,20-21,26H,1,3,12,14-15H2,(H2,25,28);1H2. The molecule has 156 valence electrons. The second kappa shape index (κ2) is 10.7. The van der Waals surface area contributed by atoms with Crippen LogP contribution in [0.2, 0.25) is 0 Å². The van der Waals surface area contributed by atoms with Gasteiger partial charge in [0.1, 0.15) is 17.7 Å². The Bertz CT molecular complexity index is 764. The molecule has 5 nitrogen and oxygen atoms in total. The normalized spacial score (nSPS) is 16.8. The molecule has 0 spiro atoms. The summed E-state index contributed by atoms with van der Waals surface area (Å²) in [6.45, 7) is 2.09. The number of nitrogens with two attached hydrogens (primary N) is 1. The Morgan fingerprint density at radius 3 is 2.17 bits per heavy atom. The van der Waals surface area contributed by atoms with E-state index in [-0.39, 0.29) is 35.0 Å². The summed E-state index contributed by atoms with van der Waals surface area (Å²) in [6, 6.07) is 12.6. The fraction of sp³-hybridized carbons (Fsp3) is 0.318. The van der Waals surface area contributed by atoms with Crippen molar-refractivity contribution in [1.29, 1.82) is 0 Å². The highest BCUT2D eigenvalue weighted by Gasteiger charge is 2.21. The first-order valence-electron chi connectivity index (χ1n) is 9.47. The van der Waals surface area contributed by atoms with Crippen molar-refractivity contribution in [1.82, 2.24) is 10.2 Å². The van der Waals surface area contributed by atoms with E-state index in [1.807, 2.05) is 6.20 Å². The smallest absolute Gasteiger partial charge is 0.236 e. The highest BCUT2D eigenvalue weighted by molar-refractivity contribution is 5.80. The largest absolute Gasteiger partial charge is 0.412 e. The number of amides is 1. The van der Waals surface area contributed by atoms with Crippen LogP contribution in [0.3, 0.4) is 0 Å². The van der Waals surface area contributed by atoms with Crippen LogP contribution in [0, 0.1) is 11.6 Å². The molecule has 29 heavy (non-hydrogen) atoms. The topological polar surface area (TPSA) is 89.9 Å². The van der Waals surface area contributed by atoms with Gasteiger partial charge in [0.25, 0.3) is 0 Å². The number of piperazine rings is 1. The van der Waals surface area contributed by atoms with Gasteiger partial charge in [-0.1, -0.05) is 30.3 Å². The summed E-state index contributed by atoms with van der Waals surface area (Å²) in [4.78, 5) is 13.4. The molecule has 5 N–H and O–H groups in total. The Hall–Kier alpha value is -2.77. The van der Waals surface area contributed by atoms with Gasteiger partial charge in [-0.3, -0.25) is 4.79 Å². The van der Waals surface area contributed by atoms with E-state index in [1.54, 1.807) is 24.3 Å². The van der Waals surface area contributed by atoms with E-state index in [9.17, 15) is 13.6 Å². The number of rotatable bonds is 7. The fourth-order valence-electron chi connectivity index (χ4n) is 3.50. The maximum atomic E-state index is 13.3. The monoisotopic (exact) mass is 403 g/mol. The summed E-state index contributed by atoms with van der Waals surface area (Å²) in [5.41, 5.74) is 7.36. The lowest BCUT2D eigenvalue weighted by atomic mass is 9.87. The predicted molar refractivity (Wildman–Crippen MR) is 109 cm³/mol. The lowest BCUT2D eigenvalue weighted by molar-refractivity contribution is -0.120. The van der Waals surface area contributed by atoms with Crippen LogP contribution in [0.5, 0.6) is 0 Å². The maximum absolute atomic E-state index is 13.3. The van der Waals surface area contributed by atoms with Crippen LogP contribution in [0.1, 0.15) is 29.9 Å². The van der Waals surface area contributed by atoms with Gasteiger partial charge in [0, 0.05) is 25.6 Å². The number of nitrogens with one attached hydrogen (secondary N) is 1. The number of allylic oxidation sites excluding steroid dienone is 1. The van der Waals surface area contributed by atoms with Gasteiger partial charge in [-0.2, -0.15) is 0 Å². The lowest BCUT2D eigenvalue weighted by Gasteiger charge is -2.31.